The first-order valence-electron chi connectivity index (χ1n) is 8.23. The lowest BCUT2D eigenvalue weighted by atomic mass is 10.0. The average Bonchev–Trinajstić information content (AvgIpc) is 3.03. The highest BCUT2D eigenvalue weighted by molar-refractivity contribution is 5.46. The summed E-state index contributed by atoms with van der Waals surface area (Å²) in [5, 5.41) is 0. The first-order valence-corrected chi connectivity index (χ1v) is 8.23. The number of benzene rings is 1. The molecule has 0 amide bonds. The van der Waals surface area contributed by atoms with Gasteiger partial charge in [0.1, 0.15) is 5.82 Å². The summed E-state index contributed by atoms with van der Waals surface area (Å²) < 4.78 is 18.8. The van der Waals surface area contributed by atoms with Gasteiger partial charge >= 0.3 is 0 Å². The van der Waals surface area contributed by atoms with E-state index in [-0.39, 0.29) is 5.82 Å². The highest BCUT2D eigenvalue weighted by Gasteiger charge is 2.30. The van der Waals surface area contributed by atoms with Crippen LogP contribution in [0.15, 0.2) is 36.9 Å². The molecule has 4 heteroatoms. The molecule has 2 heterocycles. The Bertz CT molecular complexity index is 482. The first kappa shape index (κ1) is 15.5. The van der Waals surface area contributed by atoms with E-state index in [4.69, 9.17) is 4.74 Å². The summed E-state index contributed by atoms with van der Waals surface area (Å²) in [7, 11) is 0. The van der Waals surface area contributed by atoms with Crippen molar-refractivity contribution in [2.75, 3.05) is 37.7 Å². The van der Waals surface area contributed by atoms with Crippen LogP contribution >= 0.6 is 0 Å². The van der Waals surface area contributed by atoms with Crippen molar-refractivity contribution in [2.24, 2.45) is 0 Å². The van der Waals surface area contributed by atoms with Crippen LogP contribution in [-0.4, -0.2) is 49.8 Å². The zero-order valence-electron chi connectivity index (χ0n) is 13.1. The second-order valence-corrected chi connectivity index (χ2v) is 6.22. The summed E-state index contributed by atoms with van der Waals surface area (Å²) in [4.78, 5) is 4.94. The van der Waals surface area contributed by atoms with Gasteiger partial charge in [0.25, 0.3) is 0 Å². The molecule has 0 spiro atoms. The molecule has 1 aromatic carbocycles. The lowest BCUT2D eigenvalue weighted by molar-refractivity contribution is 0.0730. The summed E-state index contributed by atoms with van der Waals surface area (Å²) in [6, 6.07) is 7.51. The minimum atomic E-state index is -0.165. The van der Waals surface area contributed by atoms with E-state index in [0.29, 0.717) is 18.8 Å². The number of halogens is 1. The molecule has 1 atom stereocenters. The van der Waals surface area contributed by atoms with Crippen molar-refractivity contribution in [1.29, 1.82) is 0 Å². The van der Waals surface area contributed by atoms with E-state index < -0.39 is 0 Å². The zero-order valence-corrected chi connectivity index (χ0v) is 13.1. The predicted octanol–water partition coefficient (Wildman–Crippen LogP) is 3.07. The third kappa shape index (κ3) is 3.68. The Balaban J connectivity index is 1.48. The quantitative estimate of drug-likeness (QED) is 0.778. The van der Waals surface area contributed by atoms with E-state index in [9.17, 15) is 4.39 Å². The number of rotatable bonds is 5. The number of hydrogen-bond acceptors (Lipinski definition) is 3. The van der Waals surface area contributed by atoms with Crippen molar-refractivity contribution in [3.05, 3.63) is 42.7 Å². The van der Waals surface area contributed by atoms with Crippen molar-refractivity contribution in [3.63, 3.8) is 0 Å². The topological polar surface area (TPSA) is 15.7 Å². The maximum Gasteiger partial charge on any atom is 0.123 e. The molecule has 2 fully saturated rings. The SMILES string of the molecule is C=CCO[C@@H]1CCN(C2CCN(c3ccc(F)cc3)CC2)C1. The normalized spacial score (nSPS) is 23.9. The minimum Gasteiger partial charge on any atom is -0.373 e. The van der Waals surface area contributed by atoms with Crippen LogP contribution in [0.2, 0.25) is 0 Å². The molecule has 0 bridgehead atoms. The Morgan fingerprint density at radius 2 is 1.86 bits per heavy atom. The molecule has 0 radical (unpaired) electrons. The largest absolute Gasteiger partial charge is 0.373 e. The second-order valence-electron chi connectivity index (χ2n) is 6.22. The van der Waals surface area contributed by atoms with Gasteiger partial charge in [-0.2, -0.15) is 0 Å². The number of likely N-dealkylation sites (tertiary alicyclic amines) is 1. The maximum atomic E-state index is 13.0. The van der Waals surface area contributed by atoms with Gasteiger partial charge in [0.15, 0.2) is 0 Å². The molecule has 0 aromatic heterocycles. The molecule has 1 aromatic rings. The van der Waals surface area contributed by atoms with Crippen LogP contribution in [0.3, 0.4) is 0 Å². The number of hydrogen-bond donors (Lipinski definition) is 0. The van der Waals surface area contributed by atoms with Crippen LogP contribution in [0.4, 0.5) is 10.1 Å². The molecule has 3 nitrogen and oxygen atoms in total. The van der Waals surface area contributed by atoms with Crippen molar-refractivity contribution in [2.45, 2.75) is 31.4 Å². The monoisotopic (exact) mass is 304 g/mol. The fourth-order valence-electron chi connectivity index (χ4n) is 3.57. The second kappa shape index (κ2) is 7.25. The molecule has 120 valence electrons. The van der Waals surface area contributed by atoms with E-state index in [1.165, 1.54) is 12.8 Å². The van der Waals surface area contributed by atoms with Gasteiger partial charge in [-0.05, 0) is 43.5 Å². The van der Waals surface area contributed by atoms with E-state index in [1.54, 1.807) is 12.1 Å². The fraction of sp³-hybridized carbons (Fsp3) is 0.556. The van der Waals surface area contributed by atoms with Crippen LogP contribution in [0.1, 0.15) is 19.3 Å². The number of anilines is 1. The van der Waals surface area contributed by atoms with Gasteiger partial charge in [-0.25, -0.2) is 4.39 Å². The Labute approximate surface area is 132 Å². The molecule has 2 aliphatic heterocycles. The van der Waals surface area contributed by atoms with Gasteiger partial charge in [-0.1, -0.05) is 6.08 Å². The Hall–Kier alpha value is -1.39. The summed E-state index contributed by atoms with van der Waals surface area (Å²) in [5.74, 6) is -0.165. The third-order valence-electron chi connectivity index (χ3n) is 4.80. The minimum absolute atomic E-state index is 0.165. The average molecular weight is 304 g/mol. The predicted molar refractivity (Wildman–Crippen MR) is 87.8 cm³/mol. The Kier molecular flexibility index (Phi) is 5.11. The molecular formula is C18H25FN2O. The van der Waals surface area contributed by atoms with Crippen LogP contribution in [0.5, 0.6) is 0 Å². The van der Waals surface area contributed by atoms with Gasteiger partial charge in [-0.15, -0.1) is 6.58 Å². The van der Waals surface area contributed by atoms with E-state index >= 15 is 0 Å². The van der Waals surface area contributed by atoms with Gasteiger partial charge < -0.3 is 9.64 Å². The summed E-state index contributed by atoms with van der Waals surface area (Å²) >= 11 is 0. The lowest BCUT2D eigenvalue weighted by Gasteiger charge is -2.37. The number of piperidine rings is 1. The molecule has 0 unspecified atom stereocenters. The molecule has 0 aliphatic carbocycles. The van der Waals surface area contributed by atoms with Crippen LogP contribution in [-0.2, 0) is 4.74 Å². The van der Waals surface area contributed by atoms with Crippen LogP contribution in [0, 0.1) is 5.82 Å². The third-order valence-corrected chi connectivity index (χ3v) is 4.80. The molecule has 2 aliphatic rings. The summed E-state index contributed by atoms with van der Waals surface area (Å²) in [6.07, 6.45) is 5.67. The van der Waals surface area contributed by atoms with Gasteiger partial charge in [0, 0.05) is 37.9 Å². The van der Waals surface area contributed by atoms with E-state index in [2.05, 4.69) is 16.4 Å². The Morgan fingerprint density at radius 3 is 2.55 bits per heavy atom. The standard InChI is InChI=1S/C18H25FN2O/c1-2-13-22-18-9-12-21(14-18)17-7-10-20(11-8-17)16-5-3-15(19)4-6-16/h2-6,17-18H,1,7-14H2/t18-/m1/s1. The zero-order chi connectivity index (χ0) is 15.4. The smallest absolute Gasteiger partial charge is 0.123 e. The summed E-state index contributed by atoms with van der Waals surface area (Å²) in [6.45, 7) is 8.65. The van der Waals surface area contributed by atoms with Crippen molar-refractivity contribution < 1.29 is 9.13 Å². The fourth-order valence-corrected chi connectivity index (χ4v) is 3.57. The van der Waals surface area contributed by atoms with Gasteiger partial charge in [-0.3, -0.25) is 4.90 Å². The molecule has 3 rings (SSSR count). The van der Waals surface area contributed by atoms with Crippen LogP contribution < -0.4 is 4.90 Å². The van der Waals surface area contributed by atoms with Crippen molar-refractivity contribution >= 4 is 5.69 Å². The van der Waals surface area contributed by atoms with Crippen LogP contribution in [0.25, 0.3) is 0 Å². The van der Waals surface area contributed by atoms with E-state index in [0.717, 1.165) is 38.3 Å². The van der Waals surface area contributed by atoms with Crippen molar-refractivity contribution in [1.82, 2.24) is 4.90 Å². The molecule has 0 saturated carbocycles. The molecule has 0 N–H and O–H groups in total. The summed E-state index contributed by atoms with van der Waals surface area (Å²) in [5.41, 5.74) is 1.13. The van der Waals surface area contributed by atoms with Crippen molar-refractivity contribution in [3.8, 4) is 0 Å². The van der Waals surface area contributed by atoms with Gasteiger partial charge in [0.2, 0.25) is 0 Å². The first-order chi connectivity index (χ1) is 10.8. The number of nitrogens with zero attached hydrogens (tertiary/aromatic N) is 2. The molecular weight excluding hydrogens is 279 g/mol. The van der Waals surface area contributed by atoms with E-state index in [1.807, 2.05) is 18.2 Å². The highest BCUT2D eigenvalue weighted by Crippen LogP contribution is 2.25. The maximum absolute atomic E-state index is 13.0. The molecule has 2 saturated heterocycles. The Morgan fingerprint density at radius 1 is 1.14 bits per heavy atom. The molecule has 22 heavy (non-hydrogen) atoms. The highest BCUT2D eigenvalue weighted by atomic mass is 19.1. The van der Waals surface area contributed by atoms with Gasteiger partial charge in [0.05, 0.1) is 12.7 Å². The lowest BCUT2D eigenvalue weighted by Crippen LogP contribution is -2.44. The number of ether oxygens (including phenoxy) is 1.